The Kier molecular flexibility index (Phi) is 5.92. The molecule has 0 aliphatic carbocycles. The summed E-state index contributed by atoms with van der Waals surface area (Å²) in [6.45, 7) is 1.99. The quantitative estimate of drug-likeness (QED) is 0.553. The van der Waals surface area contributed by atoms with E-state index in [1.807, 2.05) is 19.1 Å². The van der Waals surface area contributed by atoms with E-state index in [1.165, 1.54) is 12.1 Å². The van der Waals surface area contributed by atoms with Crippen molar-refractivity contribution in [2.24, 2.45) is 5.73 Å². The van der Waals surface area contributed by atoms with Crippen molar-refractivity contribution < 1.29 is 22.7 Å². The van der Waals surface area contributed by atoms with Crippen LogP contribution in [-0.4, -0.2) is 5.91 Å². The maximum Gasteiger partial charge on any atom is 0.416 e. The summed E-state index contributed by atoms with van der Waals surface area (Å²) in [6, 6.07) is 19.2. The van der Waals surface area contributed by atoms with Crippen molar-refractivity contribution in [3.8, 4) is 16.9 Å². The Labute approximate surface area is 166 Å². The summed E-state index contributed by atoms with van der Waals surface area (Å²) in [5.41, 5.74) is 7.43. The molecule has 150 valence electrons. The zero-order valence-corrected chi connectivity index (χ0v) is 15.7. The number of halogens is 3. The van der Waals surface area contributed by atoms with Gasteiger partial charge in [0.15, 0.2) is 0 Å². The van der Waals surface area contributed by atoms with Gasteiger partial charge in [-0.1, -0.05) is 43.3 Å². The summed E-state index contributed by atoms with van der Waals surface area (Å²) >= 11 is 0. The number of primary amides is 1. The lowest BCUT2D eigenvalue weighted by Gasteiger charge is -2.18. The predicted molar refractivity (Wildman–Crippen MR) is 105 cm³/mol. The van der Waals surface area contributed by atoms with Gasteiger partial charge in [-0.2, -0.15) is 13.2 Å². The van der Waals surface area contributed by atoms with E-state index < -0.39 is 17.6 Å². The molecule has 0 saturated carbocycles. The molecule has 0 aromatic heterocycles. The van der Waals surface area contributed by atoms with Gasteiger partial charge in [0, 0.05) is 5.56 Å². The molecule has 2 N–H and O–H groups in total. The lowest BCUT2D eigenvalue weighted by Crippen LogP contribution is -2.11. The Morgan fingerprint density at radius 2 is 1.41 bits per heavy atom. The Balaban J connectivity index is 1.73. The topological polar surface area (TPSA) is 52.3 Å². The minimum Gasteiger partial charge on any atom is -0.486 e. The molecule has 3 aromatic carbocycles. The van der Waals surface area contributed by atoms with Crippen LogP contribution >= 0.6 is 0 Å². The number of amides is 1. The molecule has 0 spiro atoms. The van der Waals surface area contributed by atoms with E-state index >= 15 is 0 Å². The normalized spacial score (nSPS) is 12.4. The second-order valence-electron chi connectivity index (χ2n) is 6.60. The number of nitrogens with two attached hydrogens (primary N) is 1. The highest BCUT2D eigenvalue weighted by Crippen LogP contribution is 2.32. The van der Waals surface area contributed by atoms with Crippen molar-refractivity contribution in [2.75, 3.05) is 0 Å². The molecule has 1 unspecified atom stereocenters. The second kappa shape index (κ2) is 8.39. The Morgan fingerprint density at radius 3 is 1.86 bits per heavy atom. The summed E-state index contributed by atoms with van der Waals surface area (Å²) in [6.07, 6.45) is -3.83. The van der Waals surface area contributed by atoms with Crippen LogP contribution in [0, 0.1) is 0 Å². The standard InChI is InChI=1S/C23H20F3NO2/c1-2-21(17-3-5-18(6-4-17)22(27)28)29-20-13-9-16(10-14-20)15-7-11-19(12-8-15)23(24,25)26/h3-14,21H,2H2,1H3,(H2,27,28). The van der Waals surface area contributed by atoms with Gasteiger partial charge in [-0.3, -0.25) is 4.79 Å². The zero-order chi connectivity index (χ0) is 21.0. The van der Waals surface area contributed by atoms with Gasteiger partial charge in [-0.05, 0) is 59.5 Å². The first-order chi connectivity index (χ1) is 13.8. The minimum absolute atomic E-state index is 0.200. The lowest BCUT2D eigenvalue weighted by molar-refractivity contribution is -0.137. The summed E-state index contributed by atoms with van der Waals surface area (Å²) in [7, 11) is 0. The highest BCUT2D eigenvalue weighted by molar-refractivity contribution is 5.92. The highest BCUT2D eigenvalue weighted by Gasteiger charge is 2.29. The van der Waals surface area contributed by atoms with Gasteiger partial charge in [0.2, 0.25) is 5.91 Å². The number of rotatable bonds is 6. The van der Waals surface area contributed by atoms with Crippen LogP contribution in [0.3, 0.4) is 0 Å². The second-order valence-corrected chi connectivity index (χ2v) is 6.60. The molecule has 0 heterocycles. The van der Waals surface area contributed by atoms with E-state index in [2.05, 4.69) is 0 Å². The average Bonchev–Trinajstić information content (AvgIpc) is 2.72. The van der Waals surface area contributed by atoms with Gasteiger partial charge in [0.05, 0.1) is 5.56 Å². The molecule has 0 aliphatic rings. The van der Waals surface area contributed by atoms with Crippen molar-refractivity contribution >= 4 is 5.91 Å². The van der Waals surface area contributed by atoms with Gasteiger partial charge in [-0.25, -0.2) is 0 Å². The van der Waals surface area contributed by atoms with E-state index in [1.54, 1.807) is 36.4 Å². The Hall–Kier alpha value is -3.28. The molecular formula is C23H20F3NO2. The molecule has 1 atom stereocenters. The molecule has 1 amide bonds. The highest BCUT2D eigenvalue weighted by atomic mass is 19.4. The smallest absolute Gasteiger partial charge is 0.416 e. The fourth-order valence-corrected chi connectivity index (χ4v) is 2.99. The molecule has 0 radical (unpaired) electrons. The van der Waals surface area contributed by atoms with E-state index in [4.69, 9.17) is 10.5 Å². The molecule has 3 rings (SSSR count). The van der Waals surface area contributed by atoms with E-state index in [9.17, 15) is 18.0 Å². The van der Waals surface area contributed by atoms with Gasteiger partial charge < -0.3 is 10.5 Å². The van der Waals surface area contributed by atoms with Gasteiger partial charge in [0.1, 0.15) is 11.9 Å². The van der Waals surface area contributed by atoms with Gasteiger partial charge >= 0.3 is 6.18 Å². The first kappa shape index (κ1) is 20.5. The molecule has 0 saturated heterocycles. The van der Waals surface area contributed by atoms with Crippen LogP contribution in [0.4, 0.5) is 13.2 Å². The summed E-state index contributed by atoms with van der Waals surface area (Å²) in [5, 5.41) is 0. The average molecular weight is 399 g/mol. The number of hydrogen-bond acceptors (Lipinski definition) is 2. The van der Waals surface area contributed by atoms with E-state index in [0.29, 0.717) is 16.9 Å². The number of ether oxygens (including phenoxy) is 1. The summed E-state index contributed by atoms with van der Waals surface area (Å²) < 4.78 is 44.1. The van der Waals surface area contributed by atoms with Crippen LogP contribution in [0.2, 0.25) is 0 Å². The third kappa shape index (κ3) is 4.96. The molecule has 0 bridgehead atoms. The monoisotopic (exact) mass is 399 g/mol. The maximum atomic E-state index is 12.7. The number of carbonyl (C=O) groups is 1. The van der Waals surface area contributed by atoms with Crippen LogP contribution in [0.15, 0.2) is 72.8 Å². The summed E-state index contributed by atoms with van der Waals surface area (Å²) in [4.78, 5) is 11.2. The molecule has 0 aliphatic heterocycles. The van der Waals surface area contributed by atoms with Crippen molar-refractivity contribution in [3.05, 3.63) is 89.5 Å². The minimum atomic E-state index is -4.35. The van der Waals surface area contributed by atoms with E-state index in [-0.39, 0.29) is 6.10 Å². The molecule has 6 heteroatoms. The zero-order valence-electron chi connectivity index (χ0n) is 15.7. The maximum absolute atomic E-state index is 12.7. The fourth-order valence-electron chi connectivity index (χ4n) is 2.99. The Morgan fingerprint density at radius 1 is 0.897 bits per heavy atom. The molecule has 0 fully saturated rings. The molecular weight excluding hydrogens is 379 g/mol. The van der Waals surface area contributed by atoms with Crippen molar-refractivity contribution in [2.45, 2.75) is 25.6 Å². The van der Waals surface area contributed by atoms with Crippen LogP contribution < -0.4 is 10.5 Å². The van der Waals surface area contributed by atoms with Crippen molar-refractivity contribution in [1.82, 2.24) is 0 Å². The third-order valence-corrected chi connectivity index (χ3v) is 4.62. The number of benzene rings is 3. The first-order valence-corrected chi connectivity index (χ1v) is 9.12. The predicted octanol–water partition coefficient (Wildman–Crippen LogP) is 6.00. The molecule has 3 nitrogen and oxygen atoms in total. The molecule has 3 aromatic rings. The van der Waals surface area contributed by atoms with Gasteiger partial charge in [0.25, 0.3) is 0 Å². The van der Waals surface area contributed by atoms with Crippen LogP contribution in [0.1, 0.15) is 40.9 Å². The Bertz CT molecular complexity index is 963. The van der Waals surface area contributed by atoms with Crippen LogP contribution in [0.25, 0.3) is 11.1 Å². The first-order valence-electron chi connectivity index (χ1n) is 9.12. The summed E-state index contributed by atoms with van der Waals surface area (Å²) in [5.74, 6) is 0.163. The third-order valence-electron chi connectivity index (χ3n) is 4.62. The fraction of sp³-hybridized carbons (Fsp3) is 0.174. The number of hydrogen-bond donors (Lipinski definition) is 1. The van der Waals surface area contributed by atoms with Crippen molar-refractivity contribution in [1.29, 1.82) is 0 Å². The SMILES string of the molecule is CCC(Oc1ccc(-c2ccc(C(F)(F)F)cc2)cc1)c1ccc(C(N)=O)cc1. The largest absolute Gasteiger partial charge is 0.486 e. The van der Waals surface area contributed by atoms with Crippen LogP contribution in [0.5, 0.6) is 5.75 Å². The van der Waals surface area contributed by atoms with Gasteiger partial charge in [-0.15, -0.1) is 0 Å². The number of carbonyl (C=O) groups excluding carboxylic acids is 1. The number of alkyl halides is 3. The molecule has 29 heavy (non-hydrogen) atoms. The van der Waals surface area contributed by atoms with E-state index in [0.717, 1.165) is 29.7 Å². The van der Waals surface area contributed by atoms with Crippen LogP contribution in [-0.2, 0) is 6.18 Å². The lowest BCUT2D eigenvalue weighted by atomic mass is 10.0. The van der Waals surface area contributed by atoms with Crippen molar-refractivity contribution in [3.63, 3.8) is 0 Å².